The quantitative estimate of drug-likeness (QED) is 0.793. The molecular weight excluding hydrogens is 297 g/mol. The summed E-state index contributed by atoms with van der Waals surface area (Å²) in [5.41, 5.74) is 0.309. The van der Waals surface area contributed by atoms with Crippen LogP contribution in [0, 0.1) is 4.77 Å². The second kappa shape index (κ2) is 5.02. The van der Waals surface area contributed by atoms with Gasteiger partial charge in [0.15, 0.2) is 4.77 Å². The Bertz CT molecular complexity index is 658. The Morgan fingerprint density at radius 3 is 2.58 bits per heavy atom. The second-order valence-corrected chi connectivity index (χ2v) is 4.79. The zero-order valence-corrected chi connectivity index (χ0v) is 11.5. The van der Waals surface area contributed by atoms with Crippen molar-refractivity contribution in [3.05, 3.63) is 45.4 Å². The maximum atomic E-state index is 12.8. The molecule has 2 nitrogen and oxygen atoms in total. The van der Waals surface area contributed by atoms with Gasteiger partial charge in [0.2, 0.25) is 0 Å². The van der Waals surface area contributed by atoms with Gasteiger partial charge in [0, 0.05) is 16.9 Å². The molecule has 0 saturated heterocycles. The first-order chi connectivity index (χ1) is 8.82. The molecule has 0 atom stereocenters. The van der Waals surface area contributed by atoms with Crippen LogP contribution in [-0.4, -0.2) is 9.55 Å². The molecule has 0 bridgehead atoms. The van der Waals surface area contributed by atoms with E-state index in [0.29, 0.717) is 16.9 Å². The van der Waals surface area contributed by atoms with Crippen molar-refractivity contribution in [1.29, 1.82) is 0 Å². The SMILES string of the molecule is CCc1c[nH]c(=S)n1-c1cc(Cl)cc(C(F)(F)F)c1. The lowest BCUT2D eigenvalue weighted by Gasteiger charge is -2.12. The average molecular weight is 307 g/mol. The van der Waals surface area contributed by atoms with Crippen LogP contribution in [0.5, 0.6) is 0 Å². The van der Waals surface area contributed by atoms with Gasteiger partial charge in [-0.15, -0.1) is 0 Å². The third-order valence-corrected chi connectivity index (χ3v) is 3.20. The summed E-state index contributed by atoms with van der Waals surface area (Å²) >= 11 is 10.8. The van der Waals surface area contributed by atoms with Gasteiger partial charge in [-0.25, -0.2) is 0 Å². The number of H-pyrrole nitrogens is 1. The summed E-state index contributed by atoms with van der Waals surface area (Å²) in [5, 5.41) is 0.0231. The molecule has 0 spiro atoms. The minimum Gasteiger partial charge on any atom is -0.337 e. The number of aromatic nitrogens is 2. The van der Waals surface area contributed by atoms with Crippen molar-refractivity contribution in [3.8, 4) is 5.69 Å². The molecular formula is C12H10ClF3N2S. The van der Waals surface area contributed by atoms with Gasteiger partial charge in [-0.3, -0.25) is 4.57 Å². The maximum absolute atomic E-state index is 12.8. The fourth-order valence-corrected chi connectivity index (χ4v) is 2.33. The standard InChI is InChI=1S/C12H10ClF3N2S/c1-2-9-6-17-11(19)18(9)10-4-7(12(14,15)16)3-8(13)5-10/h3-6H,2H2,1H3,(H,17,19). The monoisotopic (exact) mass is 306 g/mol. The van der Waals surface area contributed by atoms with Gasteiger partial charge in [0.05, 0.1) is 11.3 Å². The van der Waals surface area contributed by atoms with Crippen LogP contribution in [0.2, 0.25) is 5.02 Å². The summed E-state index contributed by atoms with van der Waals surface area (Å²) < 4.78 is 40.2. The van der Waals surface area contributed by atoms with Crippen molar-refractivity contribution in [1.82, 2.24) is 9.55 Å². The van der Waals surface area contributed by atoms with E-state index in [4.69, 9.17) is 23.8 Å². The highest BCUT2D eigenvalue weighted by Gasteiger charge is 2.31. The van der Waals surface area contributed by atoms with E-state index in [1.165, 1.54) is 6.07 Å². The second-order valence-electron chi connectivity index (χ2n) is 3.97. The minimum absolute atomic E-state index is 0.0231. The van der Waals surface area contributed by atoms with Crippen LogP contribution >= 0.6 is 23.8 Å². The number of alkyl halides is 3. The zero-order valence-electron chi connectivity index (χ0n) is 9.88. The Balaban J connectivity index is 2.66. The van der Waals surface area contributed by atoms with Crippen molar-refractivity contribution in [2.24, 2.45) is 0 Å². The Morgan fingerprint density at radius 2 is 2.00 bits per heavy atom. The number of hydrogen-bond donors (Lipinski definition) is 1. The van der Waals surface area contributed by atoms with Crippen LogP contribution in [-0.2, 0) is 12.6 Å². The van der Waals surface area contributed by atoms with Crippen molar-refractivity contribution < 1.29 is 13.2 Å². The third-order valence-electron chi connectivity index (χ3n) is 2.68. The summed E-state index contributed by atoms with van der Waals surface area (Å²) in [6, 6.07) is 3.39. The number of aromatic amines is 1. The topological polar surface area (TPSA) is 20.7 Å². The molecule has 1 aromatic heterocycles. The summed E-state index contributed by atoms with van der Waals surface area (Å²) in [6.45, 7) is 1.89. The highest BCUT2D eigenvalue weighted by Crippen LogP contribution is 2.33. The van der Waals surface area contributed by atoms with E-state index in [2.05, 4.69) is 4.98 Å². The predicted octanol–water partition coefficient (Wildman–Crippen LogP) is 4.77. The fourth-order valence-electron chi connectivity index (χ4n) is 1.81. The first-order valence-electron chi connectivity index (χ1n) is 5.50. The first kappa shape index (κ1) is 14.1. The average Bonchev–Trinajstić information content (AvgIpc) is 2.68. The molecule has 0 aliphatic rings. The number of imidazole rings is 1. The molecule has 0 radical (unpaired) electrons. The number of halogens is 4. The van der Waals surface area contributed by atoms with Gasteiger partial charge in [0.1, 0.15) is 0 Å². The van der Waals surface area contributed by atoms with Crippen LogP contribution in [0.3, 0.4) is 0 Å². The van der Waals surface area contributed by atoms with Crippen molar-refractivity contribution in [3.63, 3.8) is 0 Å². The fraction of sp³-hybridized carbons (Fsp3) is 0.250. The number of nitrogens with zero attached hydrogens (tertiary/aromatic N) is 1. The number of rotatable bonds is 2. The number of aryl methyl sites for hydroxylation is 1. The van der Waals surface area contributed by atoms with Crippen LogP contribution in [0.15, 0.2) is 24.4 Å². The Kier molecular flexibility index (Phi) is 3.73. The molecule has 102 valence electrons. The molecule has 0 aliphatic heterocycles. The van der Waals surface area contributed by atoms with E-state index in [0.717, 1.165) is 17.8 Å². The number of hydrogen-bond acceptors (Lipinski definition) is 1. The predicted molar refractivity (Wildman–Crippen MR) is 70.3 cm³/mol. The minimum atomic E-state index is -4.44. The van der Waals surface area contributed by atoms with Crippen LogP contribution in [0.25, 0.3) is 5.69 Å². The normalized spacial score (nSPS) is 11.8. The maximum Gasteiger partial charge on any atom is 0.416 e. The molecule has 19 heavy (non-hydrogen) atoms. The molecule has 1 N–H and O–H groups in total. The molecule has 0 unspecified atom stereocenters. The van der Waals surface area contributed by atoms with E-state index < -0.39 is 11.7 Å². The Labute approximate surface area is 117 Å². The van der Waals surface area contributed by atoms with E-state index in [-0.39, 0.29) is 5.02 Å². The lowest BCUT2D eigenvalue weighted by molar-refractivity contribution is -0.137. The van der Waals surface area contributed by atoms with E-state index in [1.807, 2.05) is 6.92 Å². The molecule has 1 heterocycles. The summed E-state index contributed by atoms with van der Waals surface area (Å²) in [7, 11) is 0. The van der Waals surface area contributed by atoms with Crippen molar-refractivity contribution >= 4 is 23.8 Å². The van der Waals surface area contributed by atoms with Crippen LogP contribution in [0.4, 0.5) is 13.2 Å². The van der Waals surface area contributed by atoms with Gasteiger partial charge in [0.25, 0.3) is 0 Å². The van der Waals surface area contributed by atoms with E-state index in [9.17, 15) is 13.2 Å². The summed E-state index contributed by atoms with van der Waals surface area (Å²) in [6.07, 6.45) is -2.12. The van der Waals surface area contributed by atoms with Crippen molar-refractivity contribution in [2.75, 3.05) is 0 Å². The van der Waals surface area contributed by atoms with Gasteiger partial charge in [-0.1, -0.05) is 18.5 Å². The molecule has 0 fully saturated rings. The van der Waals surface area contributed by atoms with Gasteiger partial charge in [-0.2, -0.15) is 13.2 Å². The zero-order chi connectivity index (χ0) is 14.2. The largest absolute Gasteiger partial charge is 0.416 e. The van der Waals surface area contributed by atoms with E-state index in [1.54, 1.807) is 10.8 Å². The van der Waals surface area contributed by atoms with Crippen LogP contribution in [0.1, 0.15) is 18.2 Å². The summed E-state index contributed by atoms with van der Waals surface area (Å²) in [5.74, 6) is 0. The van der Waals surface area contributed by atoms with E-state index >= 15 is 0 Å². The number of benzene rings is 1. The van der Waals surface area contributed by atoms with Crippen molar-refractivity contribution in [2.45, 2.75) is 19.5 Å². The molecule has 7 heteroatoms. The lowest BCUT2D eigenvalue weighted by atomic mass is 10.2. The third kappa shape index (κ3) is 2.84. The molecule has 0 aliphatic carbocycles. The lowest BCUT2D eigenvalue weighted by Crippen LogP contribution is -2.07. The van der Waals surface area contributed by atoms with Gasteiger partial charge >= 0.3 is 6.18 Å². The Morgan fingerprint density at radius 1 is 1.32 bits per heavy atom. The Hall–Kier alpha value is -1.27. The molecule has 0 saturated carbocycles. The highest BCUT2D eigenvalue weighted by molar-refractivity contribution is 7.71. The summed E-state index contributed by atoms with van der Waals surface area (Å²) in [4.78, 5) is 2.82. The number of nitrogens with one attached hydrogen (secondary N) is 1. The molecule has 0 amide bonds. The van der Waals surface area contributed by atoms with Gasteiger partial charge in [-0.05, 0) is 36.8 Å². The van der Waals surface area contributed by atoms with Gasteiger partial charge < -0.3 is 4.98 Å². The molecule has 2 rings (SSSR count). The smallest absolute Gasteiger partial charge is 0.337 e. The first-order valence-corrected chi connectivity index (χ1v) is 6.29. The molecule has 2 aromatic rings. The highest BCUT2D eigenvalue weighted by atomic mass is 35.5. The molecule has 1 aromatic carbocycles. The van der Waals surface area contributed by atoms with Crippen LogP contribution < -0.4 is 0 Å².